The number of carbonyl (C=O) groups is 2. The van der Waals surface area contributed by atoms with Crippen molar-refractivity contribution in [1.29, 1.82) is 0 Å². The Labute approximate surface area is 80.2 Å². The van der Waals surface area contributed by atoms with Crippen LogP contribution in [-0.2, 0) is 20.7 Å². The van der Waals surface area contributed by atoms with Crippen LogP contribution in [0.25, 0.3) is 0 Å². The fraction of sp³-hybridized carbons (Fsp3) is 0.375. The van der Waals surface area contributed by atoms with Gasteiger partial charge >= 0.3 is 11.9 Å². The molecule has 0 aliphatic rings. The molecule has 0 aliphatic carbocycles. The molecule has 1 aromatic rings. The maximum absolute atomic E-state index is 11.1. The summed E-state index contributed by atoms with van der Waals surface area (Å²) >= 11 is 0. The SMILES string of the molecule is COC(=O)Cc1[nH]cnc1C(=O)OC. The van der Waals surface area contributed by atoms with Crippen molar-refractivity contribution in [3.05, 3.63) is 17.7 Å². The summed E-state index contributed by atoms with van der Waals surface area (Å²) in [5.41, 5.74) is 0.501. The second kappa shape index (κ2) is 4.40. The quantitative estimate of drug-likeness (QED) is 0.686. The summed E-state index contributed by atoms with van der Waals surface area (Å²) in [6, 6.07) is 0. The van der Waals surface area contributed by atoms with Gasteiger partial charge in [0.1, 0.15) is 0 Å². The van der Waals surface area contributed by atoms with E-state index in [4.69, 9.17) is 0 Å². The van der Waals surface area contributed by atoms with Gasteiger partial charge in [-0.1, -0.05) is 0 Å². The van der Waals surface area contributed by atoms with Crippen LogP contribution in [0.15, 0.2) is 6.33 Å². The first-order valence-electron chi connectivity index (χ1n) is 3.86. The van der Waals surface area contributed by atoms with Crippen LogP contribution in [0.2, 0.25) is 0 Å². The molecule has 0 fully saturated rings. The molecule has 1 N–H and O–H groups in total. The zero-order valence-corrected chi connectivity index (χ0v) is 7.86. The fourth-order valence-corrected chi connectivity index (χ4v) is 0.945. The molecule has 0 radical (unpaired) electrons. The monoisotopic (exact) mass is 198 g/mol. The van der Waals surface area contributed by atoms with Gasteiger partial charge in [0.15, 0.2) is 5.69 Å². The van der Waals surface area contributed by atoms with Gasteiger partial charge in [-0.25, -0.2) is 9.78 Å². The molecule has 1 rings (SSSR count). The van der Waals surface area contributed by atoms with Crippen LogP contribution in [0.3, 0.4) is 0 Å². The molecular formula is C8H10N2O4. The Hall–Kier alpha value is -1.85. The number of aromatic nitrogens is 2. The van der Waals surface area contributed by atoms with Crippen molar-refractivity contribution in [3.63, 3.8) is 0 Å². The van der Waals surface area contributed by atoms with Gasteiger partial charge in [-0.2, -0.15) is 0 Å². The highest BCUT2D eigenvalue weighted by Crippen LogP contribution is 2.05. The third kappa shape index (κ3) is 2.09. The van der Waals surface area contributed by atoms with Crippen molar-refractivity contribution < 1.29 is 19.1 Å². The van der Waals surface area contributed by atoms with Crippen molar-refractivity contribution in [3.8, 4) is 0 Å². The first-order chi connectivity index (χ1) is 6.69. The second-order valence-corrected chi connectivity index (χ2v) is 2.47. The number of hydrogen-bond acceptors (Lipinski definition) is 5. The van der Waals surface area contributed by atoms with Crippen molar-refractivity contribution in [1.82, 2.24) is 9.97 Å². The number of nitrogens with one attached hydrogen (secondary N) is 1. The Kier molecular flexibility index (Phi) is 3.22. The topological polar surface area (TPSA) is 81.3 Å². The number of H-pyrrole nitrogens is 1. The van der Waals surface area contributed by atoms with E-state index in [9.17, 15) is 9.59 Å². The summed E-state index contributed by atoms with van der Waals surface area (Å²) in [6.45, 7) is 0. The van der Waals surface area contributed by atoms with E-state index in [1.54, 1.807) is 0 Å². The van der Waals surface area contributed by atoms with E-state index < -0.39 is 11.9 Å². The molecule has 0 amide bonds. The Morgan fingerprint density at radius 1 is 1.43 bits per heavy atom. The normalized spacial score (nSPS) is 9.57. The third-order valence-electron chi connectivity index (χ3n) is 1.65. The molecule has 6 nitrogen and oxygen atoms in total. The number of imidazole rings is 1. The maximum Gasteiger partial charge on any atom is 0.358 e. The number of aromatic amines is 1. The minimum absolute atomic E-state index is 0.0269. The summed E-state index contributed by atoms with van der Waals surface area (Å²) in [4.78, 5) is 28.4. The van der Waals surface area contributed by atoms with Crippen molar-refractivity contribution in [2.75, 3.05) is 14.2 Å². The van der Waals surface area contributed by atoms with Gasteiger partial charge in [0.25, 0.3) is 0 Å². The number of esters is 2. The number of nitrogens with zero attached hydrogens (tertiary/aromatic N) is 1. The molecule has 1 aromatic heterocycles. The summed E-state index contributed by atoms with van der Waals surface area (Å²) in [5, 5.41) is 0. The summed E-state index contributed by atoms with van der Waals surface area (Å²) in [7, 11) is 2.52. The van der Waals surface area contributed by atoms with Crippen LogP contribution in [0, 0.1) is 0 Å². The average molecular weight is 198 g/mol. The molecule has 0 spiro atoms. The molecule has 76 valence electrons. The molecule has 0 unspecified atom stereocenters. The highest BCUT2D eigenvalue weighted by molar-refractivity contribution is 5.89. The van der Waals surface area contributed by atoms with Crippen LogP contribution in [0.4, 0.5) is 0 Å². The lowest BCUT2D eigenvalue weighted by atomic mass is 10.2. The van der Waals surface area contributed by atoms with Gasteiger partial charge in [0.2, 0.25) is 0 Å². The molecule has 0 saturated heterocycles. The predicted molar refractivity (Wildman–Crippen MR) is 45.6 cm³/mol. The lowest BCUT2D eigenvalue weighted by Crippen LogP contribution is -2.11. The Morgan fingerprint density at radius 3 is 2.71 bits per heavy atom. The largest absolute Gasteiger partial charge is 0.469 e. The van der Waals surface area contributed by atoms with E-state index in [2.05, 4.69) is 19.4 Å². The summed E-state index contributed by atoms with van der Waals surface area (Å²) < 4.78 is 8.93. The molecule has 0 aliphatic heterocycles. The Morgan fingerprint density at radius 2 is 2.14 bits per heavy atom. The van der Waals surface area contributed by atoms with Crippen molar-refractivity contribution in [2.24, 2.45) is 0 Å². The number of rotatable bonds is 3. The number of methoxy groups -OCH3 is 2. The van der Waals surface area contributed by atoms with E-state index >= 15 is 0 Å². The molecule has 0 saturated carbocycles. The molecule has 1 heterocycles. The summed E-state index contributed by atoms with van der Waals surface area (Å²) in [5.74, 6) is -1.02. The fourth-order valence-electron chi connectivity index (χ4n) is 0.945. The van der Waals surface area contributed by atoms with Crippen LogP contribution < -0.4 is 0 Å². The molecule has 14 heavy (non-hydrogen) atoms. The standard InChI is InChI=1S/C8H10N2O4/c1-13-6(11)3-5-7(8(12)14-2)10-4-9-5/h4H,3H2,1-2H3,(H,9,10). The van der Waals surface area contributed by atoms with Crippen LogP contribution in [0.1, 0.15) is 16.2 Å². The molecular weight excluding hydrogens is 188 g/mol. The van der Waals surface area contributed by atoms with Crippen molar-refractivity contribution in [2.45, 2.75) is 6.42 Å². The zero-order chi connectivity index (χ0) is 10.6. The Balaban J connectivity index is 2.82. The zero-order valence-electron chi connectivity index (χ0n) is 7.86. The number of carbonyl (C=O) groups excluding carboxylic acids is 2. The maximum atomic E-state index is 11.1. The second-order valence-electron chi connectivity index (χ2n) is 2.47. The molecule has 0 atom stereocenters. The van der Waals surface area contributed by atoms with E-state index in [0.717, 1.165) is 0 Å². The minimum Gasteiger partial charge on any atom is -0.469 e. The average Bonchev–Trinajstić information content (AvgIpc) is 2.64. The number of hydrogen-bond donors (Lipinski definition) is 1. The van der Waals surface area contributed by atoms with Gasteiger partial charge in [-0.3, -0.25) is 4.79 Å². The highest BCUT2D eigenvalue weighted by Gasteiger charge is 2.17. The summed E-state index contributed by atoms with van der Waals surface area (Å²) in [6.07, 6.45) is 1.30. The first kappa shape index (κ1) is 10.2. The van der Waals surface area contributed by atoms with E-state index in [1.165, 1.54) is 20.5 Å². The van der Waals surface area contributed by atoms with E-state index in [1.807, 2.05) is 0 Å². The number of ether oxygens (including phenoxy) is 2. The van der Waals surface area contributed by atoms with E-state index in [0.29, 0.717) is 5.69 Å². The highest BCUT2D eigenvalue weighted by atomic mass is 16.5. The van der Waals surface area contributed by atoms with Gasteiger partial charge in [0.05, 0.1) is 32.7 Å². The first-order valence-corrected chi connectivity index (χ1v) is 3.86. The lowest BCUT2D eigenvalue weighted by molar-refractivity contribution is -0.139. The third-order valence-corrected chi connectivity index (χ3v) is 1.65. The minimum atomic E-state index is -0.579. The van der Waals surface area contributed by atoms with Gasteiger partial charge in [-0.05, 0) is 0 Å². The van der Waals surface area contributed by atoms with Gasteiger partial charge in [0, 0.05) is 0 Å². The van der Waals surface area contributed by atoms with Gasteiger partial charge < -0.3 is 14.5 Å². The smallest absolute Gasteiger partial charge is 0.358 e. The van der Waals surface area contributed by atoms with Crippen molar-refractivity contribution >= 4 is 11.9 Å². The van der Waals surface area contributed by atoms with Gasteiger partial charge in [-0.15, -0.1) is 0 Å². The molecule has 0 bridgehead atoms. The molecule has 0 aromatic carbocycles. The van der Waals surface area contributed by atoms with Crippen LogP contribution in [0.5, 0.6) is 0 Å². The Bertz CT molecular complexity index is 345. The van der Waals surface area contributed by atoms with Crippen LogP contribution >= 0.6 is 0 Å². The predicted octanol–water partition coefficient (Wildman–Crippen LogP) is -0.0882. The molecule has 6 heteroatoms. The lowest BCUT2D eigenvalue weighted by Gasteiger charge is -1.99. The van der Waals surface area contributed by atoms with Crippen LogP contribution in [-0.4, -0.2) is 36.1 Å². The van der Waals surface area contributed by atoms with E-state index in [-0.39, 0.29) is 12.1 Å².